The van der Waals surface area contributed by atoms with Gasteiger partial charge in [0.15, 0.2) is 0 Å². The molecule has 1 saturated heterocycles. The average Bonchev–Trinajstić information content (AvgIpc) is 2.28. The van der Waals surface area contributed by atoms with E-state index in [2.05, 4.69) is 11.6 Å². The first-order chi connectivity index (χ1) is 7.54. The topological polar surface area (TPSA) is 78.9 Å². The highest BCUT2D eigenvalue weighted by Crippen LogP contribution is 2.20. The van der Waals surface area contributed by atoms with Crippen LogP contribution in [0.2, 0.25) is 0 Å². The Morgan fingerprint density at radius 3 is 2.56 bits per heavy atom. The van der Waals surface area contributed by atoms with E-state index in [1.54, 1.807) is 0 Å². The van der Waals surface area contributed by atoms with Crippen molar-refractivity contribution in [3.05, 3.63) is 12.4 Å². The van der Waals surface area contributed by atoms with Gasteiger partial charge in [0.05, 0.1) is 5.92 Å². The Morgan fingerprint density at radius 2 is 2.12 bits per heavy atom. The van der Waals surface area contributed by atoms with Gasteiger partial charge in [-0.25, -0.2) is 4.99 Å². The monoisotopic (exact) mass is 225 g/mol. The molecule has 0 radical (unpaired) electrons. The van der Waals surface area contributed by atoms with E-state index in [4.69, 9.17) is 10.8 Å². The molecule has 0 spiro atoms. The third-order valence-electron chi connectivity index (χ3n) is 2.84. The minimum atomic E-state index is -0.707. The summed E-state index contributed by atoms with van der Waals surface area (Å²) >= 11 is 0. The van der Waals surface area contributed by atoms with Crippen LogP contribution in [0.15, 0.2) is 17.4 Å². The van der Waals surface area contributed by atoms with Crippen LogP contribution in [0, 0.1) is 5.92 Å². The predicted octanol–water partition coefficient (Wildman–Crippen LogP) is 1.02. The van der Waals surface area contributed by atoms with Crippen LogP contribution in [0.1, 0.15) is 26.2 Å². The Kier molecular flexibility index (Phi) is 4.34. The van der Waals surface area contributed by atoms with Crippen molar-refractivity contribution in [3.8, 4) is 0 Å². The lowest BCUT2D eigenvalue weighted by Crippen LogP contribution is -2.35. The molecule has 0 amide bonds. The second kappa shape index (κ2) is 5.53. The molecule has 5 heteroatoms. The van der Waals surface area contributed by atoms with E-state index in [0.717, 1.165) is 0 Å². The fourth-order valence-electron chi connectivity index (χ4n) is 1.70. The number of nitrogens with two attached hydrogens (primary N) is 1. The number of nitrogens with zero attached hydrogens (tertiary/aromatic N) is 2. The van der Waals surface area contributed by atoms with E-state index >= 15 is 0 Å². The SMILES string of the molecule is C=C(N=C(N)CC)N1CCC(C(=O)O)CC1. The Labute approximate surface area is 95.6 Å². The van der Waals surface area contributed by atoms with Gasteiger partial charge in [-0.2, -0.15) is 0 Å². The lowest BCUT2D eigenvalue weighted by Gasteiger charge is -2.31. The molecule has 90 valence electrons. The Bertz CT molecular complexity index is 304. The van der Waals surface area contributed by atoms with Crippen molar-refractivity contribution in [2.75, 3.05) is 13.1 Å². The molecular weight excluding hydrogens is 206 g/mol. The van der Waals surface area contributed by atoms with Gasteiger partial charge in [-0.3, -0.25) is 4.79 Å². The van der Waals surface area contributed by atoms with Gasteiger partial charge >= 0.3 is 5.97 Å². The van der Waals surface area contributed by atoms with Gasteiger partial charge in [0.25, 0.3) is 0 Å². The maximum Gasteiger partial charge on any atom is 0.306 e. The number of piperidine rings is 1. The van der Waals surface area contributed by atoms with E-state index in [9.17, 15) is 4.79 Å². The molecule has 1 heterocycles. The molecule has 0 aliphatic carbocycles. The summed E-state index contributed by atoms with van der Waals surface area (Å²) in [6.07, 6.45) is 2.00. The number of carbonyl (C=O) groups is 1. The molecule has 3 N–H and O–H groups in total. The van der Waals surface area contributed by atoms with Crippen LogP contribution < -0.4 is 5.73 Å². The first kappa shape index (κ1) is 12.5. The normalized spacial score (nSPS) is 18.6. The standard InChI is InChI=1S/C11H19N3O2/c1-3-10(12)13-8(2)14-6-4-9(5-7-14)11(15)16/h9H,2-7H2,1H3,(H2,12,13)(H,15,16). The molecule has 1 aliphatic rings. The van der Waals surface area contributed by atoms with Gasteiger partial charge in [0, 0.05) is 19.5 Å². The van der Waals surface area contributed by atoms with Crippen LogP contribution in [0.25, 0.3) is 0 Å². The number of hydrogen-bond acceptors (Lipinski definition) is 3. The summed E-state index contributed by atoms with van der Waals surface area (Å²) in [5.41, 5.74) is 5.62. The van der Waals surface area contributed by atoms with E-state index < -0.39 is 5.97 Å². The Morgan fingerprint density at radius 1 is 1.56 bits per heavy atom. The number of rotatable bonds is 4. The van der Waals surface area contributed by atoms with Gasteiger partial charge < -0.3 is 15.7 Å². The van der Waals surface area contributed by atoms with Crippen LogP contribution in [0.5, 0.6) is 0 Å². The largest absolute Gasteiger partial charge is 0.481 e. The third kappa shape index (κ3) is 3.25. The quantitative estimate of drug-likeness (QED) is 0.553. The maximum absolute atomic E-state index is 10.8. The minimum Gasteiger partial charge on any atom is -0.481 e. The predicted molar refractivity (Wildman–Crippen MR) is 63.0 cm³/mol. The fourth-order valence-corrected chi connectivity index (χ4v) is 1.70. The Hall–Kier alpha value is -1.52. The number of likely N-dealkylation sites (tertiary alicyclic amines) is 1. The molecule has 0 aromatic rings. The zero-order valence-electron chi connectivity index (χ0n) is 9.65. The minimum absolute atomic E-state index is 0.225. The first-order valence-electron chi connectivity index (χ1n) is 5.54. The highest BCUT2D eigenvalue weighted by molar-refractivity contribution is 5.80. The lowest BCUT2D eigenvalue weighted by molar-refractivity contribution is -0.143. The van der Waals surface area contributed by atoms with Gasteiger partial charge in [0.1, 0.15) is 11.7 Å². The highest BCUT2D eigenvalue weighted by Gasteiger charge is 2.24. The zero-order valence-corrected chi connectivity index (χ0v) is 9.65. The number of amidine groups is 1. The fraction of sp³-hybridized carbons (Fsp3) is 0.636. The summed E-state index contributed by atoms with van der Waals surface area (Å²) in [6.45, 7) is 7.16. The molecule has 0 unspecified atom stereocenters. The van der Waals surface area contributed by atoms with Crippen LogP contribution in [-0.2, 0) is 4.79 Å². The second-order valence-corrected chi connectivity index (χ2v) is 3.97. The third-order valence-corrected chi connectivity index (χ3v) is 2.84. The molecule has 16 heavy (non-hydrogen) atoms. The molecule has 0 bridgehead atoms. The summed E-state index contributed by atoms with van der Waals surface area (Å²) in [5, 5.41) is 8.86. The molecule has 5 nitrogen and oxygen atoms in total. The summed E-state index contributed by atoms with van der Waals surface area (Å²) in [6, 6.07) is 0. The van der Waals surface area contributed by atoms with Crippen molar-refractivity contribution >= 4 is 11.8 Å². The molecule has 1 aliphatic heterocycles. The summed E-state index contributed by atoms with van der Waals surface area (Å²) in [4.78, 5) is 16.9. The number of aliphatic imine (C=N–C) groups is 1. The van der Waals surface area contributed by atoms with Gasteiger partial charge in [-0.15, -0.1) is 0 Å². The van der Waals surface area contributed by atoms with Crippen molar-refractivity contribution in [2.24, 2.45) is 16.6 Å². The molecule has 0 saturated carbocycles. The van der Waals surface area contributed by atoms with Gasteiger partial charge in [-0.05, 0) is 12.8 Å². The molecular formula is C11H19N3O2. The summed E-state index contributed by atoms with van der Waals surface area (Å²) in [5.74, 6) is 0.270. The van der Waals surface area contributed by atoms with Crippen LogP contribution in [0.4, 0.5) is 0 Å². The number of hydrogen-bond donors (Lipinski definition) is 2. The zero-order chi connectivity index (χ0) is 12.1. The van der Waals surface area contributed by atoms with Crippen molar-refractivity contribution in [1.29, 1.82) is 0 Å². The summed E-state index contributed by atoms with van der Waals surface area (Å²) < 4.78 is 0. The molecule has 0 aromatic heterocycles. The first-order valence-corrected chi connectivity index (χ1v) is 5.54. The molecule has 1 fully saturated rings. The van der Waals surface area contributed by atoms with Gasteiger partial charge in [0.2, 0.25) is 0 Å². The van der Waals surface area contributed by atoms with E-state index in [1.807, 2.05) is 11.8 Å². The van der Waals surface area contributed by atoms with Crippen molar-refractivity contribution in [3.63, 3.8) is 0 Å². The van der Waals surface area contributed by atoms with Crippen LogP contribution >= 0.6 is 0 Å². The summed E-state index contributed by atoms with van der Waals surface area (Å²) in [7, 11) is 0. The molecule has 1 rings (SSSR count). The van der Waals surface area contributed by atoms with Crippen molar-refractivity contribution < 1.29 is 9.90 Å². The second-order valence-electron chi connectivity index (χ2n) is 3.97. The van der Waals surface area contributed by atoms with Gasteiger partial charge in [-0.1, -0.05) is 13.5 Å². The molecule has 0 atom stereocenters. The highest BCUT2D eigenvalue weighted by atomic mass is 16.4. The van der Waals surface area contributed by atoms with E-state index in [1.165, 1.54) is 0 Å². The van der Waals surface area contributed by atoms with Crippen LogP contribution in [-0.4, -0.2) is 34.9 Å². The number of aliphatic carboxylic acids is 1. The Balaban J connectivity index is 2.48. The van der Waals surface area contributed by atoms with Crippen molar-refractivity contribution in [2.45, 2.75) is 26.2 Å². The molecule has 0 aromatic carbocycles. The maximum atomic E-state index is 10.8. The number of carboxylic acid groups (broad SMARTS) is 1. The van der Waals surface area contributed by atoms with Crippen LogP contribution in [0.3, 0.4) is 0 Å². The van der Waals surface area contributed by atoms with Crippen molar-refractivity contribution in [1.82, 2.24) is 4.90 Å². The van der Waals surface area contributed by atoms with E-state index in [0.29, 0.717) is 44.0 Å². The smallest absolute Gasteiger partial charge is 0.306 e. The average molecular weight is 225 g/mol. The lowest BCUT2D eigenvalue weighted by atomic mass is 9.97. The number of carboxylic acids is 1. The van der Waals surface area contributed by atoms with E-state index in [-0.39, 0.29) is 5.92 Å².